The molecule has 0 spiro atoms. The van der Waals surface area contributed by atoms with E-state index in [-0.39, 0.29) is 6.04 Å². The Morgan fingerprint density at radius 3 is 2.26 bits per heavy atom. The Morgan fingerprint density at radius 2 is 1.47 bits per heavy atom. The summed E-state index contributed by atoms with van der Waals surface area (Å²) in [6.07, 6.45) is 0.768. The molecule has 34 heavy (non-hydrogen) atoms. The Hall–Kier alpha value is -3.50. The molecule has 0 atom stereocenters. The summed E-state index contributed by atoms with van der Waals surface area (Å²) in [5.41, 5.74) is 2.67. The van der Waals surface area contributed by atoms with Gasteiger partial charge in [-0.3, -0.25) is 9.97 Å². The van der Waals surface area contributed by atoms with Crippen molar-refractivity contribution in [3.63, 3.8) is 0 Å². The van der Waals surface area contributed by atoms with Crippen molar-refractivity contribution in [1.82, 2.24) is 30.4 Å². The number of nitrogens with one attached hydrogen (secondary N) is 6. The fourth-order valence-corrected chi connectivity index (χ4v) is 3.68. The molecule has 0 aliphatic heterocycles. The number of aromatic amines is 2. The predicted molar refractivity (Wildman–Crippen MR) is 137 cm³/mol. The van der Waals surface area contributed by atoms with Crippen molar-refractivity contribution in [1.29, 1.82) is 0 Å². The molecular formula is C22H26Cl2N10. The van der Waals surface area contributed by atoms with Gasteiger partial charge in [0.1, 0.15) is 0 Å². The number of anilines is 5. The van der Waals surface area contributed by atoms with Crippen LogP contribution in [0.5, 0.6) is 0 Å². The molecule has 0 fully saturated rings. The van der Waals surface area contributed by atoms with Crippen LogP contribution >= 0.6 is 23.2 Å². The van der Waals surface area contributed by atoms with Crippen LogP contribution in [0.3, 0.4) is 0 Å². The van der Waals surface area contributed by atoms with E-state index < -0.39 is 0 Å². The van der Waals surface area contributed by atoms with Gasteiger partial charge in [-0.25, -0.2) is 0 Å². The fourth-order valence-electron chi connectivity index (χ4n) is 3.21. The average Bonchev–Trinajstić information content (AvgIpc) is 3.44. The summed E-state index contributed by atoms with van der Waals surface area (Å²) in [5, 5.41) is 30.5. The van der Waals surface area contributed by atoms with Crippen molar-refractivity contribution in [2.24, 2.45) is 0 Å². The van der Waals surface area contributed by atoms with Crippen molar-refractivity contribution in [2.45, 2.75) is 32.9 Å². The Labute approximate surface area is 207 Å². The van der Waals surface area contributed by atoms with Crippen molar-refractivity contribution in [3.05, 3.63) is 63.6 Å². The smallest absolute Gasteiger partial charge is 0.227 e. The van der Waals surface area contributed by atoms with E-state index in [1.807, 2.05) is 56.3 Å². The van der Waals surface area contributed by atoms with E-state index in [1.54, 1.807) is 0 Å². The lowest BCUT2D eigenvalue weighted by molar-refractivity contribution is 0.876. The minimum Gasteiger partial charge on any atom is -0.354 e. The second-order valence-electron chi connectivity index (χ2n) is 7.87. The second-order valence-corrected chi connectivity index (χ2v) is 8.65. The number of rotatable bonds is 11. The number of hydrogen-bond acceptors (Lipinski definition) is 8. The minimum absolute atomic E-state index is 0.257. The molecule has 4 aromatic rings. The van der Waals surface area contributed by atoms with Gasteiger partial charge >= 0.3 is 0 Å². The second kappa shape index (κ2) is 11.1. The molecule has 0 bridgehead atoms. The maximum absolute atomic E-state index is 6.62. The number of aromatic nitrogens is 6. The fraction of sp³-hybridized carbons (Fsp3) is 0.273. The summed E-state index contributed by atoms with van der Waals surface area (Å²) < 4.78 is 0. The highest BCUT2D eigenvalue weighted by Crippen LogP contribution is 2.28. The van der Waals surface area contributed by atoms with Gasteiger partial charge in [-0.15, -0.1) is 20.4 Å². The molecule has 10 nitrogen and oxygen atoms in total. The molecule has 0 saturated carbocycles. The normalized spacial score (nSPS) is 11.0. The third-order valence-corrected chi connectivity index (χ3v) is 5.64. The van der Waals surface area contributed by atoms with Crippen LogP contribution < -0.4 is 21.3 Å². The number of hydrogen-bond donors (Lipinski definition) is 6. The zero-order valence-corrected chi connectivity index (χ0v) is 20.3. The first-order chi connectivity index (χ1) is 16.5. The van der Waals surface area contributed by atoms with Gasteiger partial charge in [0.05, 0.1) is 10.7 Å². The highest BCUT2D eigenvalue weighted by Gasteiger charge is 2.10. The lowest BCUT2D eigenvalue weighted by Crippen LogP contribution is -2.10. The molecule has 0 aliphatic carbocycles. The van der Waals surface area contributed by atoms with Crippen LogP contribution in [0.4, 0.5) is 29.5 Å². The van der Waals surface area contributed by atoms with E-state index in [1.165, 1.54) is 0 Å². The summed E-state index contributed by atoms with van der Waals surface area (Å²) in [4.78, 5) is 6.18. The summed E-state index contributed by atoms with van der Waals surface area (Å²) in [5.74, 6) is 2.20. The monoisotopic (exact) mass is 500 g/mol. The van der Waals surface area contributed by atoms with Crippen LogP contribution in [0.2, 0.25) is 10.0 Å². The third kappa shape index (κ3) is 6.30. The van der Waals surface area contributed by atoms with E-state index in [4.69, 9.17) is 23.2 Å². The lowest BCUT2D eigenvalue weighted by Gasteiger charge is -2.10. The van der Waals surface area contributed by atoms with Crippen molar-refractivity contribution < 1.29 is 0 Å². The van der Waals surface area contributed by atoms with Crippen LogP contribution in [0.25, 0.3) is 0 Å². The van der Waals surface area contributed by atoms with E-state index in [0.717, 1.165) is 22.6 Å². The zero-order valence-electron chi connectivity index (χ0n) is 18.8. The maximum Gasteiger partial charge on any atom is 0.227 e. The van der Waals surface area contributed by atoms with Gasteiger partial charge in [-0.05, 0) is 43.5 Å². The van der Waals surface area contributed by atoms with Gasteiger partial charge in [0, 0.05) is 24.2 Å². The van der Waals surface area contributed by atoms with E-state index in [9.17, 15) is 0 Å². The molecule has 0 saturated heterocycles. The first kappa shape index (κ1) is 23.7. The molecule has 12 heteroatoms. The van der Waals surface area contributed by atoms with Gasteiger partial charge in [0.2, 0.25) is 23.8 Å². The Balaban J connectivity index is 1.32. The Bertz CT molecular complexity index is 1220. The van der Waals surface area contributed by atoms with Crippen LogP contribution in [0.15, 0.2) is 42.5 Å². The predicted octanol–water partition coefficient (Wildman–Crippen LogP) is 5.06. The SMILES string of the molecule is CC(C)Nc1nnc(NCc2cccc(Nc3nnc(NCCc4ccccc4Cl)[nH]3)c2Cl)[nH]1. The highest BCUT2D eigenvalue weighted by atomic mass is 35.5. The van der Waals surface area contributed by atoms with Gasteiger partial charge < -0.3 is 21.3 Å². The van der Waals surface area contributed by atoms with Crippen LogP contribution in [-0.2, 0) is 13.0 Å². The van der Waals surface area contributed by atoms with E-state index >= 15 is 0 Å². The Kier molecular flexibility index (Phi) is 7.71. The molecule has 0 aliphatic rings. The van der Waals surface area contributed by atoms with Gasteiger partial charge in [-0.1, -0.05) is 53.5 Å². The number of nitrogens with zero attached hydrogens (tertiary/aromatic N) is 4. The van der Waals surface area contributed by atoms with Crippen molar-refractivity contribution in [3.8, 4) is 0 Å². The number of H-pyrrole nitrogens is 2. The molecule has 6 N–H and O–H groups in total. The molecule has 4 rings (SSSR count). The summed E-state index contributed by atoms with van der Waals surface area (Å²) in [6, 6.07) is 13.8. The largest absolute Gasteiger partial charge is 0.354 e. The van der Waals surface area contributed by atoms with Gasteiger partial charge in [-0.2, -0.15) is 0 Å². The van der Waals surface area contributed by atoms with E-state index in [2.05, 4.69) is 51.6 Å². The molecule has 2 aromatic carbocycles. The summed E-state index contributed by atoms with van der Waals surface area (Å²) >= 11 is 12.8. The van der Waals surface area contributed by atoms with Gasteiger partial charge in [0.15, 0.2) is 0 Å². The van der Waals surface area contributed by atoms with Crippen LogP contribution in [0, 0.1) is 0 Å². The van der Waals surface area contributed by atoms with Crippen LogP contribution in [0.1, 0.15) is 25.0 Å². The quantitative estimate of drug-likeness (QED) is 0.168. The van der Waals surface area contributed by atoms with Crippen LogP contribution in [-0.4, -0.2) is 42.9 Å². The Morgan fingerprint density at radius 1 is 0.794 bits per heavy atom. The number of benzene rings is 2. The molecular weight excluding hydrogens is 475 g/mol. The van der Waals surface area contributed by atoms with Gasteiger partial charge in [0.25, 0.3) is 0 Å². The average molecular weight is 501 g/mol. The summed E-state index contributed by atoms with van der Waals surface area (Å²) in [6.45, 7) is 5.19. The molecule has 0 unspecified atom stereocenters. The number of halogens is 2. The summed E-state index contributed by atoms with van der Waals surface area (Å²) in [7, 11) is 0. The molecule has 0 amide bonds. The standard InChI is InChI=1S/C22H26Cl2N10/c1-13(2)27-21-30-20(32-33-21)26-12-15-7-5-9-17(18(15)24)28-22-29-19(31-34-22)25-11-10-14-6-3-4-8-16(14)23/h3-9,13H,10-12H2,1-2H3,(H3,25,28,29,31,34)(H3,26,27,30,32,33). The zero-order chi connectivity index (χ0) is 23.9. The molecule has 178 valence electrons. The topological polar surface area (TPSA) is 131 Å². The molecule has 2 aromatic heterocycles. The van der Waals surface area contributed by atoms with Crippen molar-refractivity contribution >= 4 is 52.7 Å². The lowest BCUT2D eigenvalue weighted by atomic mass is 10.1. The molecule has 2 heterocycles. The first-order valence-electron chi connectivity index (χ1n) is 10.9. The maximum atomic E-state index is 6.62. The molecule has 0 radical (unpaired) electrons. The minimum atomic E-state index is 0.257. The first-order valence-corrected chi connectivity index (χ1v) is 11.6. The van der Waals surface area contributed by atoms with E-state index in [0.29, 0.717) is 47.6 Å². The van der Waals surface area contributed by atoms with Crippen molar-refractivity contribution in [2.75, 3.05) is 27.8 Å². The third-order valence-electron chi connectivity index (χ3n) is 4.82. The highest BCUT2D eigenvalue weighted by molar-refractivity contribution is 6.34.